The lowest BCUT2D eigenvalue weighted by Gasteiger charge is -2.32. The summed E-state index contributed by atoms with van der Waals surface area (Å²) in [4.78, 5) is 14.4. The molecular formula is C15H27N3O2S. The van der Waals surface area contributed by atoms with E-state index in [0.29, 0.717) is 16.3 Å². The number of Topliss-reactive ketones (excluding diaryl/α,β-unsaturated/α-hetero) is 1. The standard InChI is InChI=1S/C15H27N3O2S/c1-9(2)20-12-11(16)13(10(3)19)21-14(12)17-8-15(4,5)18(6)7/h9,17H,8,16H2,1-7H3. The molecule has 0 amide bonds. The molecule has 0 aliphatic heterocycles. The van der Waals surface area contributed by atoms with E-state index in [4.69, 9.17) is 10.5 Å². The first-order chi connectivity index (χ1) is 9.56. The number of nitrogens with zero attached hydrogens (tertiary/aromatic N) is 1. The van der Waals surface area contributed by atoms with Crippen molar-refractivity contribution in [1.29, 1.82) is 0 Å². The molecule has 5 nitrogen and oxygen atoms in total. The lowest BCUT2D eigenvalue weighted by atomic mass is 10.0. The first-order valence-electron chi connectivity index (χ1n) is 7.07. The van der Waals surface area contributed by atoms with Crippen LogP contribution < -0.4 is 15.8 Å². The maximum Gasteiger partial charge on any atom is 0.177 e. The zero-order valence-corrected chi connectivity index (χ0v) is 14.9. The molecule has 0 atom stereocenters. The van der Waals surface area contributed by atoms with E-state index in [1.165, 1.54) is 18.3 Å². The number of carbonyl (C=O) groups excluding carboxylic acids is 1. The molecule has 1 rings (SSSR count). The van der Waals surface area contributed by atoms with Crippen LogP contribution in [0.2, 0.25) is 0 Å². The Morgan fingerprint density at radius 1 is 1.43 bits per heavy atom. The van der Waals surface area contributed by atoms with Gasteiger partial charge in [0.05, 0.1) is 16.7 Å². The average Bonchev–Trinajstić information content (AvgIpc) is 2.64. The average molecular weight is 313 g/mol. The van der Waals surface area contributed by atoms with Crippen LogP contribution in [0.25, 0.3) is 0 Å². The number of thiophene rings is 1. The van der Waals surface area contributed by atoms with Crippen molar-refractivity contribution in [2.45, 2.75) is 46.3 Å². The van der Waals surface area contributed by atoms with Gasteiger partial charge >= 0.3 is 0 Å². The topological polar surface area (TPSA) is 67.6 Å². The van der Waals surface area contributed by atoms with E-state index in [9.17, 15) is 4.79 Å². The Balaban J connectivity index is 3.05. The van der Waals surface area contributed by atoms with Gasteiger partial charge in [0, 0.05) is 19.0 Å². The van der Waals surface area contributed by atoms with Crippen molar-refractivity contribution in [1.82, 2.24) is 4.90 Å². The predicted molar refractivity (Wildman–Crippen MR) is 90.8 cm³/mol. The number of likely N-dealkylation sites (N-methyl/N-ethyl adjacent to an activating group) is 1. The van der Waals surface area contributed by atoms with Gasteiger partial charge < -0.3 is 20.7 Å². The van der Waals surface area contributed by atoms with Gasteiger partial charge in [0.25, 0.3) is 0 Å². The molecule has 0 aromatic carbocycles. The van der Waals surface area contributed by atoms with Gasteiger partial charge in [0.1, 0.15) is 5.00 Å². The number of nitrogens with one attached hydrogen (secondary N) is 1. The van der Waals surface area contributed by atoms with E-state index >= 15 is 0 Å². The van der Waals surface area contributed by atoms with Gasteiger partial charge in [-0.25, -0.2) is 0 Å². The fourth-order valence-corrected chi connectivity index (χ4v) is 2.56. The summed E-state index contributed by atoms with van der Waals surface area (Å²) in [5.74, 6) is 0.556. The van der Waals surface area contributed by atoms with Crippen molar-refractivity contribution >= 4 is 27.8 Å². The largest absolute Gasteiger partial charge is 0.486 e. The summed E-state index contributed by atoms with van der Waals surface area (Å²) in [7, 11) is 4.08. The quantitative estimate of drug-likeness (QED) is 0.757. The van der Waals surface area contributed by atoms with Gasteiger partial charge in [-0.1, -0.05) is 0 Å². The summed E-state index contributed by atoms with van der Waals surface area (Å²) >= 11 is 1.36. The molecule has 120 valence electrons. The Morgan fingerprint density at radius 3 is 2.43 bits per heavy atom. The Bertz CT molecular complexity index is 507. The number of anilines is 2. The van der Waals surface area contributed by atoms with Gasteiger partial charge in [0.15, 0.2) is 11.5 Å². The molecule has 6 heteroatoms. The SMILES string of the molecule is CC(=O)c1sc(NCC(C)(C)N(C)C)c(OC(C)C)c1N. The Labute approximate surface area is 131 Å². The van der Waals surface area contributed by atoms with Gasteiger partial charge in [-0.15, -0.1) is 11.3 Å². The number of ether oxygens (including phenoxy) is 1. The molecule has 0 spiro atoms. The van der Waals surface area contributed by atoms with E-state index in [2.05, 4.69) is 24.1 Å². The highest BCUT2D eigenvalue weighted by Crippen LogP contribution is 2.43. The van der Waals surface area contributed by atoms with Crippen LogP contribution in [0, 0.1) is 0 Å². The monoisotopic (exact) mass is 313 g/mol. The second kappa shape index (κ2) is 6.66. The molecule has 0 radical (unpaired) electrons. The van der Waals surface area contributed by atoms with Gasteiger partial charge in [0.2, 0.25) is 0 Å². The van der Waals surface area contributed by atoms with E-state index in [-0.39, 0.29) is 17.4 Å². The van der Waals surface area contributed by atoms with Crippen molar-refractivity contribution in [3.05, 3.63) is 4.88 Å². The maximum absolute atomic E-state index is 11.7. The lowest BCUT2D eigenvalue weighted by Crippen LogP contribution is -2.44. The summed E-state index contributed by atoms with van der Waals surface area (Å²) in [5.41, 5.74) is 6.48. The van der Waals surface area contributed by atoms with E-state index in [1.807, 2.05) is 27.9 Å². The molecule has 0 aliphatic rings. The molecule has 0 saturated heterocycles. The van der Waals surface area contributed by atoms with Crippen LogP contribution in [0.5, 0.6) is 5.75 Å². The second-order valence-electron chi connectivity index (χ2n) is 6.29. The van der Waals surface area contributed by atoms with Crippen LogP contribution in [0.3, 0.4) is 0 Å². The number of nitrogen functional groups attached to an aromatic ring is 1. The summed E-state index contributed by atoms with van der Waals surface area (Å²) in [6, 6.07) is 0. The highest BCUT2D eigenvalue weighted by atomic mass is 32.1. The van der Waals surface area contributed by atoms with Crippen LogP contribution >= 0.6 is 11.3 Å². The van der Waals surface area contributed by atoms with Gasteiger partial charge in [-0.05, 0) is 41.8 Å². The molecule has 21 heavy (non-hydrogen) atoms. The second-order valence-corrected chi connectivity index (χ2v) is 7.31. The Hall–Kier alpha value is -1.27. The maximum atomic E-state index is 11.7. The molecule has 1 aromatic rings. The molecular weight excluding hydrogens is 286 g/mol. The van der Waals surface area contributed by atoms with Crippen LogP contribution in [0.15, 0.2) is 0 Å². The van der Waals surface area contributed by atoms with E-state index in [0.717, 1.165) is 11.5 Å². The molecule has 0 aliphatic carbocycles. The van der Waals surface area contributed by atoms with Gasteiger partial charge in [-0.3, -0.25) is 4.79 Å². The normalized spacial score (nSPS) is 12.0. The molecule has 0 fully saturated rings. The number of hydrogen-bond acceptors (Lipinski definition) is 6. The fraction of sp³-hybridized carbons (Fsp3) is 0.667. The number of ketones is 1. The van der Waals surface area contributed by atoms with Crippen molar-refractivity contribution in [2.24, 2.45) is 0 Å². The summed E-state index contributed by atoms with van der Waals surface area (Å²) < 4.78 is 5.79. The Kier molecular flexibility index (Phi) is 5.64. The lowest BCUT2D eigenvalue weighted by molar-refractivity contribution is 0.102. The highest BCUT2D eigenvalue weighted by Gasteiger charge is 2.24. The van der Waals surface area contributed by atoms with Crippen LogP contribution in [0.4, 0.5) is 10.7 Å². The van der Waals surface area contributed by atoms with Crippen molar-refractivity contribution in [3.63, 3.8) is 0 Å². The van der Waals surface area contributed by atoms with Crippen LogP contribution in [-0.4, -0.2) is 43.0 Å². The van der Waals surface area contributed by atoms with Crippen LogP contribution in [0.1, 0.15) is 44.3 Å². The first kappa shape index (κ1) is 17.8. The van der Waals surface area contributed by atoms with E-state index < -0.39 is 0 Å². The predicted octanol–water partition coefficient (Wildman–Crippen LogP) is 3.07. The minimum absolute atomic E-state index is 0.00381. The van der Waals surface area contributed by atoms with E-state index in [1.54, 1.807) is 0 Å². The summed E-state index contributed by atoms with van der Waals surface area (Å²) in [6.07, 6.45) is 0.00381. The molecule has 3 N–H and O–H groups in total. The Morgan fingerprint density at radius 2 is 2.00 bits per heavy atom. The molecule has 0 unspecified atom stereocenters. The third-order valence-electron chi connectivity index (χ3n) is 3.47. The van der Waals surface area contributed by atoms with Crippen molar-refractivity contribution < 1.29 is 9.53 Å². The highest BCUT2D eigenvalue weighted by molar-refractivity contribution is 7.19. The minimum Gasteiger partial charge on any atom is -0.486 e. The zero-order valence-electron chi connectivity index (χ0n) is 14.0. The third kappa shape index (κ3) is 4.35. The fourth-order valence-electron chi connectivity index (χ4n) is 1.61. The molecule has 1 aromatic heterocycles. The number of carbonyl (C=O) groups is 1. The number of nitrogens with two attached hydrogens (primary N) is 1. The van der Waals surface area contributed by atoms with Gasteiger partial charge in [-0.2, -0.15) is 0 Å². The first-order valence-corrected chi connectivity index (χ1v) is 7.89. The minimum atomic E-state index is -0.0361. The van der Waals surface area contributed by atoms with Crippen molar-refractivity contribution in [3.8, 4) is 5.75 Å². The summed E-state index contributed by atoms with van der Waals surface area (Å²) in [5, 5.41) is 4.20. The smallest absolute Gasteiger partial charge is 0.177 e. The number of hydrogen-bond donors (Lipinski definition) is 2. The molecule has 0 saturated carbocycles. The van der Waals surface area contributed by atoms with Crippen LogP contribution in [-0.2, 0) is 0 Å². The third-order valence-corrected chi connectivity index (χ3v) is 4.71. The van der Waals surface area contributed by atoms with Crippen molar-refractivity contribution in [2.75, 3.05) is 31.7 Å². The zero-order chi connectivity index (χ0) is 16.4. The number of rotatable bonds is 7. The summed E-state index contributed by atoms with van der Waals surface area (Å²) in [6.45, 7) is 10.4. The molecule has 0 bridgehead atoms. The molecule has 1 heterocycles.